The summed E-state index contributed by atoms with van der Waals surface area (Å²) in [6, 6.07) is 17.4. The molecule has 0 saturated carbocycles. The maximum absolute atomic E-state index is 12.3. The third-order valence-corrected chi connectivity index (χ3v) is 5.17. The topological polar surface area (TPSA) is 84.0 Å². The summed E-state index contributed by atoms with van der Waals surface area (Å²) < 4.78 is 0.963. The van der Waals surface area contributed by atoms with Gasteiger partial charge in [0.1, 0.15) is 0 Å². The Hall–Kier alpha value is -3.58. The number of thiazole rings is 1. The molecule has 144 valence electrons. The molecule has 2 amide bonds. The zero-order valence-corrected chi connectivity index (χ0v) is 16.5. The van der Waals surface area contributed by atoms with Gasteiger partial charge in [-0.15, -0.1) is 0 Å². The molecular weight excluding hydrogens is 384 g/mol. The van der Waals surface area contributed by atoms with E-state index in [0.29, 0.717) is 17.2 Å². The molecule has 4 aromatic rings. The van der Waals surface area contributed by atoms with Crippen LogP contribution >= 0.6 is 11.3 Å². The molecule has 0 aliphatic carbocycles. The molecule has 0 spiro atoms. The van der Waals surface area contributed by atoms with Crippen LogP contribution in [-0.2, 0) is 16.0 Å². The SMILES string of the molecule is CC(=O)Nc1nc2ccc(-c3cncc(NC(=O)Cc4ccccc4)c3)cc2s1. The lowest BCUT2D eigenvalue weighted by atomic mass is 10.1. The third-order valence-electron chi connectivity index (χ3n) is 4.23. The maximum atomic E-state index is 12.3. The van der Waals surface area contributed by atoms with Crippen LogP contribution in [0.15, 0.2) is 67.0 Å². The Balaban J connectivity index is 1.53. The van der Waals surface area contributed by atoms with Crippen LogP contribution < -0.4 is 10.6 Å². The van der Waals surface area contributed by atoms with Gasteiger partial charge in [-0.1, -0.05) is 47.7 Å². The van der Waals surface area contributed by atoms with Crippen molar-refractivity contribution in [1.29, 1.82) is 0 Å². The minimum Gasteiger partial charge on any atom is -0.324 e. The zero-order valence-electron chi connectivity index (χ0n) is 15.7. The standard InChI is InChI=1S/C22H18N4O2S/c1-14(27)24-22-26-19-8-7-16(11-20(19)29-22)17-10-18(13-23-12-17)25-21(28)9-15-5-3-2-4-6-15/h2-8,10-13H,9H2,1H3,(H,25,28)(H,24,26,27). The van der Waals surface area contributed by atoms with Crippen molar-refractivity contribution in [1.82, 2.24) is 9.97 Å². The number of benzene rings is 2. The van der Waals surface area contributed by atoms with E-state index in [4.69, 9.17) is 0 Å². The van der Waals surface area contributed by atoms with E-state index in [1.165, 1.54) is 18.3 Å². The number of carbonyl (C=O) groups excluding carboxylic acids is 2. The number of hydrogen-bond acceptors (Lipinski definition) is 5. The molecule has 6 nitrogen and oxygen atoms in total. The van der Waals surface area contributed by atoms with Crippen molar-refractivity contribution in [2.24, 2.45) is 0 Å². The van der Waals surface area contributed by atoms with E-state index >= 15 is 0 Å². The fourth-order valence-electron chi connectivity index (χ4n) is 2.96. The minimum absolute atomic E-state index is 0.0898. The van der Waals surface area contributed by atoms with Gasteiger partial charge < -0.3 is 10.6 Å². The van der Waals surface area contributed by atoms with Crippen LogP contribution in [0.1, 0.15) is 12.5 Å². The van der Waals surface area contributed by atoms with E-state index < -0.39 is 0 Å². The van der Waals surface area contributed by atoms with Crippen molar-refractivity contribution in [3.63, 3.8) is 0 Å². The Kier molecular flexibility index (Phi) is 5.31. The quantitative estimate of drug-likeness (QED) is 0.515. The zero-order chi connectivity index (χ0) is 20.2. The van der Waals surface area contributed by atoms with Crippen molar-refractivity contribution in [3.8, 4) is 11.1 Å². The first-order valence-corrected chi connectivity index (χ1v) is 9.86. The van der Waals surface area contributed by atoms with Crippen LogP contribution in [-0.4, -0.2) is 21.8 Å². The Bertz CT molecular complexity index is 1190. The average molecular weight is 402 g/mol. The van der Waals surface area contributed by atoms with E-state index in [2.05, 4.69) is 20.6 Å². The molecule has 0 unspecified atom stereocenters. The fourth-order valence-corrected chi connectivity index (χ4v) is 3.91. The number of fused-ring (bicyclic) bond motifs is 1. The summed E-state index contributed by atoms with van der Waals surface area (Å²) in [5.41, 5.74) is 4.27. The number of rotatable bonds is 5. The molecule has 0 bridgehead atoms. The lowest BCUT2D eigenvalue weighted by molar-refractivity contribution is -0.116. The molecule has 0 aliphatic heterocycles. The first kappa shape index (κ1) is 18.8. The second kappa shape index (κ2) is 8.20. The van der Waals surface area contributed by atoms with Crippen molar-refractivity contribution < 1.29 is 9.59 Å². The molecule has 2 heterocycles. The van der Waals surface area contributed by atoms with Gasteiger partial charge >= 0.3 is 0 Å². The fraction of sp³-hybridized carbons (Fsp3) is 0.0909. The lowest BCUT2D eigenvalue weighted by Gasteiger charge is -2.07. The molecule has 4 rings (SSSR count). The predicted octanol–water partition coefficient (Wildman–Crippen LogP) is 4.50. The van der Waals surface area contributed by atoms with Gasteiger partial charge in [-0.05, 0) is 29.3 Å². The molecule has 2 N–H and O–H groups in total. The Labute approximate surface area is 171 Å². The van der Waals surface area contributed by atoms with Gasteiger partial charge in [0.2, 0.25) is 11.8 Å². The van der Waals surface area contributed by atoms with Gasteiger partial charge in [0.05, 0.1) is 28.5 Å². The molecule has 2 aromatic carbocycles. The molecule has 0 saturated heterocycles. The van der Waals surface area contributed by atoms with Crippen LogP contribution in [0.4, 0.5) is 10.8 Å². The summed E-state index contributed by atoms with van der Waals surface area (Å²) in [5, 5.41) is 6.19. The molecule has 7 heteroatoms. The second-order valence-corrected chi connectivity index (χ2v) is 7.59. The number of carbonyl (C=O) groups is 2. The van der Waals surface area contributed by atoms with Gasteiger partial charge in [-0.25, -0.2) is 4.98 Å². The summed E-state index contributed by atoms with van der Waals surface area (Å²) in [6.07, 6.45) is 3.69. The predicted molar refractivity (Wildman–Crippen MR) is 116 cm³/mol. The molecule has 0 fully saturated rings. The lowest BCUT2D eigenvalue weighted by Crippen LogP contribution is -2.14. The highest BCUT2D eigenvalue weighted by molar-refractivity contribution is 7.22. The summed E-state index contributed by atoms with van der Waals surface area (Å²) in [5.74, 6) is -0.236. The second-order valence-electron chi connectivity index (χ2n) is 6.56. The first-order chi connectivity index (χ1) is 14.1. The van der Waals surface area contributed by atoms with E-state index in [1.54, 1.807) is 12.4 Å². The van der Waals surface area contributed by atoms with Gasteiger partial charge in [0.25, 0.3) is 0 Å². The Morgan fingerprint density at radius 2 is 1.79 bits per heavy atom. The number of pyridine rings is 1. The highest BCUT2D eigenvalue weighted by atomic mass is 32.1. The molecule has 0 aliphatic rings. The van der Waals surface area contributed by atoms with Crippen molar-refractivity contribution in [2.75, 3.05) is 10.6 Å². The van der Waals surface area contributed by atoms with Crippen LogP contribution in [0.2, 0.25) is 0 Å². The smallest absolute Gasteiger partial charge is 0.228 e. The maximum Gasteiger partial charge on any atom is 0.228 e. The van der Waals surface area contributed by atoms with Gasteiger partial charge in [-0.3, -0.25) is 14.6 Å². The van der Waals surface area contributed by atoms with E-state index in [1.807, 2.05) is 54.6 Å². The molecule has 29 heavy (non-hydrogen) atoms. The summed E-state index contributed by atoms with van der Waals surface area (Å²) in [6.45, 7) is 1.46. The van der Waals surface area contributed by atoms with Gasteiger partial charge in [0.15, 0.2) is 5.13 Å². The monoisotopic (exact) mass is 402 g/mol. The minimum atomic E-state index is -0.146. The van der Waals surface area contributed by atoms with Crippen molar-refractivity contribution in [3.05, 3.63) is 72.6 Å². The van der Waals surface area contributed by atoms with E-state index in [9.17, 15) is 9.59 Å². The van der Waals surface area contributed by atoms with Crippen LogP contribution in [0.25, 0.3) is 21.3 Å². The number of nitrogens with zero attached hydrogens (tertiary/aromatic N) is 2. The molecule has 2 aromatic heterocycles. The number of nitrogens with one attached hydrogen (secondary N) is 2. The number of hydrogen-bond donors (Lipinski definition) is 2. The molecular formula is C22H18N4O2S. The van der Waals surface area contributed by atoms with Gasteiger partial charge in [-0.2, -0.15) is 0 Å². The summed E-state index contributed by atoms with van der Waals surface area (Å²) in [4.78, 5) is 32.2. The first-order valence-electron chi connectivity index (χ1n) is 9.04. The van der Waals surface area contributed by atoms with Crippen molar-refractivity contribution >= 4 is 44.2 Å². The highest BCUT2D eigenvalue weighted by Crippen LogP contribution is 2.31. The van der Waals surface area contributed by atoms with E-state index in [-0.39, 0.29) is 11.8 Å². The summed E-state index contributed by atoms with van der Waals surface area (Å²) >= 11 is 1.42. The number of anilines is 2. The molecule has 0 radical (unpaired) electrons. The number of aromatic nitrogens is 2. The van der Waals surface area contributed by atoms with E-state index in [0.717, 1.165) is 26.9 Å². The third kappa shape index (κ3) is 4.64. The van der Waals surface area contributed by atoms with Crippen LogP contribution in [0.3, 0.4) is 0 Å². The summed E-state index contributed by atoms with van der Waals surface area (Å²) in [7, 11) is 0. The largest absolute Gasteiger partial charge is 0.324 e. The average Bonchev–Trinajstić information content (AvgIpc) is 3.09. The number of amides is 2. The molecule has 0 atom stereocenters. The van der Waals surface area contributed by atoms with Crippen LogP contribution in [0.5, 0.6) is 0 Å². The van der Waals surface area contributed by atoms with Gasteiger partial charge in [0, 0.05) is 18.7 Å². The highest BCUT2D eigenvalue weighted by Gasteiger charge is 2.09. The normalized spacial score (nSPS) is 10.7. The van der Waals surface area contributed by atoms with Crippen LogP contribution in [0, 0.1) is 0 Å². The Morgan fingerprint density at radius 1 is 0.966 bits per heavy atom. The Morgan fingerprint density at radius 3 is 2.59 bits per heavy atom. The van der Waals surface area contributed by atoms with Crippen molar-refractivity contribution in [2.45, 2.75) is 13.3 Å².